The van der Waals surface area contributed by atoms with Crippen LogP contribution in [0.15, 0.2) is 73.7 Å². The van der Waals surface area contributed by atoms with E-state index in [1.54, 1.807) is 29.2 Å². The number of fused-ring (bicyclic) bond motifs is 2. The Labute approximate surface area is 580 Å². The van der Waals surface area contributed by atoms with Crippen LogP contribution >= 0.6 is 45.1 Å². The van der Waals surface area contributed by atoms with E-state index in [9.17, 15) is 57.4 Å². The molecule has 3 heterocycles. The summed E-state index contributed by atoms with van der Waals surface area (Å²) in [5.74, 6) is 4.47. The molecule has 6 atom stereocenters. The Bertz CT molecular complexity index is 3980. The lowest BCUT2D eigenvalue weighted by Crippen LogP contribution is -2.33. The fraction of sp³-hybridized carbons (Fsp3) is 0.532. The lowest BCUT2D eigenvalue weighted by atomic mass is 9.87. The summed E-state index contributed by atoms with van der Waals surface area (Å²) in [7, 11) is -14.6. The van der Waals surface area contributed by atoms with Gasteiger partial charge < -0.3 is 67.6 Å². The summed E-state index contributed by atoms with van der Waals surface area (Å²) in [5.41, 5.74) is 3.12. The number of unbranched alkanes of at least 4 members (excludes halogenated alkanes) is 1. The fourth-order valence-corrected chi connectivity index (χ4v) is 15.5. The van der Waals surface area contributed by atoms with Crippen molar-refractivity contribution in [1.82, 2.24) is 14.9 Å². The van der Waals surface area contributed by atoms with Gasteiger partial charge >= 0.3 is 47.2 Å². The Kier molecular flexibility index (Phi) is 32.7. The molecule has 1 fully saturated rings. The number of ketones is 1. The van der Waals surface area contributed by atoms with Crippen LogP contribution in [0.5, 0.6) is 0 Å². The van der Waals surface area contributed by atoms with E-state index in [-0.39, 0.29) is 98.9 Å². The number of H-pyrrole nitrogens is 1. The molecule has 0 radical (unpaired) electrons. The molecule has 3 unspecified atom stereocenters. The number of benzene rings is 3. The minimum atomic E-state index is -5.80. The van der Waals surface area contributed by atoms with Crippen LogP contribution in [0, 0.1) is 18.8 Å². The average Bonchev–Trinajstić information content (AvgIpc) is 0.871. The molecule has 2 aromatic carbocycles. The number of nitrogens with one attached hydrogen (secondary N) is 2. The van der Waals surface area contributed by atoms with Crippen LogP contribution in [0.1, 0.15) is 136 Å². The maximum absolute atomic E-state index is 13.6. The number of hydrogen-bond donors (Lipinski definition) is 7. The molecule has 7 N–H and O–H groups in total. The lowest BCUT2D eigenvalue weighted by Gasteiger charge is -2.22. The summed E-state index contributed by atoms with van der Waals surface area (Å²) in [6.45, 7) is 13.3. The number of aromatic nitrogens is 2. The number of nitrogens with zero attached hydrogens (tertiary/aromatic N) is 2. The largest absolute Gasteiger partial charge is 0.490 e. The molecule has 98 heavy (non-hydrogen) atoms. The second-order valence-corrected chi connectivity index (χ2v) is 33.6. The van der Waals surface area contributed by atoms with Crippen LogP contribution < -0.4 is 21.9 Å². The number of ether oxygens (including phenoxy) is 7. The van der Waals surface area contributed by atoms with Crippen molar-refractivity contribution in [2.45, 2.75) is 135 Å². The molecule has 0 saturated carbocycles. The molecule has 6 rings (SSSR count). The van der Waals surface area contributed by atoms with Crippen molar-refractivity contribution in [1.29, 1.82) is 0 Å². The van der Waals surface area contributed by atoms with Gasteiger partial charge in [0.15, 0.2) is 5.78 Å². The van der Waals surface area contributed by atoms with Gasteiger partial charge in [-0.05, 0) is 137 Å². The second kappa shape index (κ2) is 39.2. The molecule has 0 spiro atoms. The van der Waals surface area contributed by atoms with E-state index in [0.717, 1.165) is 45.5 Å². The smallest absolute Gasteiger partial charge is 0.478 e. The Hall–Kier alpha value is -5.27. The molecule has 1 aliphatic carbocycles. The molecule has 1 amide bonds. The number of Topliss-reactive ketones (excluding diaryl/α,β-unsaturated/α-hetero) is 1. The van der Waals surface area contributed by atoms with Gasteiger partial charge in [-0.3, -0.25) is 33.5 Å². The summed E-state index contributed by atoms with van der Waals surface area (Å²) >= 11 is 5.16. The third-order valence-corrected chi connectivity index (χ3v) is 21.8. The molecule has 2 aliphatic heterocycles. The number of phosphoric ester groups is 1. The number of aromatic carboxylic acids is 1. The lowest BCUT2D eigenvalue weighted by molar-refractivity contribution is -0.143. The minimum Gasteiger partial charge on any atom is -0.478 e. The SMILES string of the molecule is CCCc1cc2oc3cc(=NC(C)C)ccc-3c(-c3cc(C(=O)CCCOCCOCCNC(=O)OCCC(C)(C)SSCOCCCCOC(=O)CCC#Cc4cn([C@H]5C[C@H](OCS(C)=S)[C@@H](COP(=O)(O)OP(=O)(O)OP(=O)(O)O)O5)c(=O)[nH]c4=O)ccc3C(=O)O)c2cc1C. The zero-order valence-electron chi connectivity index (χ0n) is 55.1. The highest BCUT2D eigenvalue weighted by atomic mass is 33.1. The fourth-order valence-electron chi connectivity index (χ4n) is 9.70. The van der Waals surface area contributed by atoms with Crippen molar-refractivity contribution >= 4 is 100 Å². The number of hydrogen-bond acceptors (Lipinski definition) is 24. The predicted octanol–water partition coefficient (Wildman–Crippen LogP) is 9.41. The zero-order chi connectivity index (χ0) is 71.8. The third kappa shape index (κ3) is 27.6. The van der Waals surface area contributed by atoms with Crippen LogP contribution in [0.4, 0.5) is 4.79 Å². The number of amides is 1. The van der Waals surface area contributed by atoms with Crippen molar-refractivity contribution in [3.8, 4) is 34.3 Å². The van der Waals surface area contributed by atoms with Crippen molar-refractivity contribution in [2.24, 2.45) is 4.99 Å². The molecule has 3 aromatic rings. The second-order valence-electron chi connectivity index (χ2n) is 23.1. The van der Waals surface area contributed by atoms with Gasteiger partial charge in [0, 0.05) is 84.1 Å². The first-order chi connectivity index (χ1) is 46.3. The van der Waals surface area contributed by atoms with Gasteiger partial charge in [-0.25, -0.2) is 28.1 Å². The van der Waals surface area contributed by atoms with Crippen LogP contribution in [0.25, 0.3) is 33.4 Å². The Morgan fingerprint density at radius 3 is 2.35 bits per heavy atom. The van der Waals surface area contributed by atoms with E-state index >= 15 is 0 Å². The molecule has 1 saturated heterocycles. The van der Waals surface area contributed by atoms with Gasteiger partial charge in [0.05, 0.1) is 69.0 Å². The average molecular weight is 1510 g/mol. The van der Waals surface area contributed by atoms with Crippen LogP contribution in [0.2, 0.25) is 0 Å². The van der Waals surface area contributed by atoms with Gasteiger partial charge in [-0.15, -0.1) is 0 Å². The van der Waals surface area contributed by atoms with Gasteiger partial charge in [-0.2, -0.15) is 8.62 Å². The van der Waals surface area contributed by atoms with E-state index in [0.29, 0.717) is 78.4 Å². The number of alkyl carbamates (subject to hydrolysis) is 1. The first-order valence-corrected chi connectivity index (χ1v) is 40.6. The quantitative estimate of drug-likeness (QED) is 0.00280. The van der Waals surface area contributed by atoms with Gasteiger partial charge in [0.25, 0.3) is 5.56 Å². The summed E-state index contributed by atoms with van der Waals surface area (Å²) < 4.78 is 93.8. The van der Waals surface area contributed by atoms with E-state index in [2.05, 4.69) is 37.7 Å². The van der Waals surface area contributed by atoms with Crippen molar-refractivity contribution in [3.63, 3.8) is 0 Å². The molecule has 0 bridgehead atoms. The summed E-state index contributed by atoms with van der Waals surface area (Å²) in [6, 6.07) is 14.5. The highest BCUT2D eigenvalue weighted by Gasteiger charge is 2.44. The van der Waals surface area contributed by atoms with Crippen molar-refractivity contribution in [2.75, 3.05) is 77.5 Å². The Balaban J connectivity index is 0.798. The van der Waals surface area contributed by atoms with E-state index in [1.807, 2.05) is 65.0 Å². The monoisotopic (exact) mass is 1500 g/mol. The number of carbonyl (C=O) groups excluding carboxylic acids is 3. The molecule has 29 nitrogen and oxygen atoms in total. The number of carboxylic acids is 1. The van der Waals surface area contributed by atoms with Crippen molar-refractivity contribution in [3.05, 3.63) is 109 Å². The zero-order valence-corrected chi connectivity index (χ0v) is 61.1. The van der Waals surface area contributed by atoms with E-state index in [1.165, 1.54) is 16.9 Å². The molecule has 3 aliphatic rings. The third-order valence-electron chi connectivity index (χ3n) is 14.2. The number of aryl methyl sites for hydroxylation is 2. The van der Waals surface area contributed by atoms with Crippen LogP contribution in [0.3, 0.4) is 0 Å². The first kappa shape index (κ1) is 81.7. The predicted molar refractivity (Wildman–Crippen MR) is 370 cm³/mol. The number of esters is 1. The normalized spacial score (nSPS) is 16.7. The van der Waals surface area contributed by atoms with Gasteiger partial charge in [0.2, 0.25) is 0 Å². The maximum Gasteiger partial charge on any atom is 0.490 e. The van der Waals surface area contributed by atoms with Crippen LogP contribution in [-0.2, 0) is 91.9 Å². The van der Waals surface area contributed by atoms with Crippen molar-refractivity contribution < 1.29 is 108 Å². The number of rotatable bonds is 41. The summed E-state index contributed by atoms with van der Waals surface area (Å²) in [6.07, 6.45) is 2.73. The number of carbonyl (C=O) groups is 4. The summed E-state index contributed by atoms with van der Waals surface area (Å²) in [5, 5.41) is 14.6. The molecular weight excluding hydrogens is 1420 g/mol. The van der Waals surface area contributed by atoms with E-state index < -0.39 is 87.2 Å². The standard InChI is InChI=1S/C62H83N4O25P3S4/c1-8-14-42-33-51-49(31-41(42)4)57(47-21-19-45(64-40(2)3)34-52(47)88-51)48-32-43(18-20-46(48)59(70)71)50(67)16-13-25-81-29-30-82-28-23-63-61(73)85-27-22-62(5,6)97-96-38-83-24-11-12-26-84-56(68)17-10-9-15-44-36-66(60(72)65-58(44)69)55-35-53(86-39-98(7)95)54(89-55)37-87-93(77,78)91-94(79,80)90-92(74,75)76/h18-21,31-34,36,40,53-55H,8,10-14,16-17,22-30,35,37-39H2,1-7H3,(H,63,73)(H,70,71)(H,77,78)(H,79,80)(H,65,69,72)(H2,74,75,76)/t53-,54+,55+,98?/m0/s1. The molecule has 540 valence electrons. The Morgan fingerprint density at radius 1 is 0.898 bits per heavy atom. The minimum absolute atomic E-state index is 0.00158. The highest BCUT2D eigenvalue weighted by molar-refractivity contribution is 8.77. The number of carboxylic acid groups (broad SMARTS) is 1. The highest BCUT2D eigenvalue weighted by Crippen LogP contribution is 2.66. The number of aromatic amines is 1. The van der Waals surface area contributed by atoms with E-state index in [4.69, 9.17) is 68.1 Å². The maximum atomic E-state index is 13.6. The topological polar surface area (TPSA) is 405 Å². The van der Waals surface area contributed by atoms with Crippen LogP contribution in [-0.4, -0.2) is 159 Å². The Morgan fingerprint density at radius 2 is 1.63 bits per heavy atom. The molecule has 1 aromatic heterocycles. The number of phosphoric acid groups is 3. The first-order valence-electron chi connectivity index (χ1n) is 31.1. The van der Waals surface area contributed by atoms with Gasteiger partial charge in [0.1, 0.15) is 35.2 Å². The molecular formula is C62H83N4O25P3S4. The molecule has 36 heteroatoms. The van der Waals surface area contributed by atoms with Gasteiger partial charge in [-0.1, -0.05) is 62.3 Å². The summed E-state index contributed by atoms with van der Waals surface area (Å²) in [4.78, 5) is 120.